The lowest BCUT2D eigenvalue weighted by atomic mass is 9.95. The Kier molecular flexibility index (Phi) is 6.74. The lowest BCUT2D eigenvalue weighted by Gasteiger charge is -2.24. The van der Waals surface area contributed by atoms with Crippen LogP contribution < -0.4 is 10.4 Å². The van der Waals surface area contributed by atoms with Gasteiger partial charge in [-0.2, -0.15) is 0 Å². The van der Waals surface area contributed by atoms with Gasteiger partial charge in [0.25, 0.3) is 17.7 Å². The van der Waals surface area contributed by atoms with Crippen molar-refractivity contribution in [2.75, 3.05) is 23.4 Å². The number of hydrogen-bond acceptors (Lipinski definition) is 4. The number of alkyl halides is 2. The van der Waals surface area contributed by atoms with Gasteiger partial charge in [0.1, 0.15) is 11.8 Å². The molecule has 1 aliphatic heterocycles. The molecule has 142 valence electrons. The molecule has 1 N–H and O–H groups in total. The van der Waals surface area contributed by atoms with Crippen LogP contribution in [0.4, 0.5) is 5.69 Å². The highest BCUT2D eigenvalue weighted by molar-refractivity contribution is 6.32. The fourth-order valence-electron chi connectivity index (χ4n) is 2.28. The summed E-state index contributed by atoms with van der Waals surface area (Å²) in [6, 6.07) is 4.67. The molecule has 0 saturated carbocycles. The SMILES string of the molecule is CC1(C)CON(Cc2cc(N(NC(=O)CCl)C(=O)CCl)ccc2Cl)C1=O. The summed E-state index contributed by atoms with van der Waals surface area (Å²) in [5, 5.41) is 2.61. The first-order valence-electron chi connectivity index (χ1n) is 7.67. The number of hydrazine groups is 1. The highest BCUT2D eigenvalue weighted by Crippen LogP contribution is 2.31. The Labute approximate surface area is 166 Å². The number of amides is 3. The van der Waals surface area contributed by atoms with Crippen LogP contribution in [0.15, 0.2) is 18.2 Å². The van der Waals surface area contributed by atoms with Gasteiger partial charge in [-0.1, -0.05) is 11.6 Å². The normalized spacial score (nSPS) is 15.9. The largest absolute Gasteiger partial charge is 0.272 e. The van der Waals surface area contributed by atoms with Gasteiger partial charge in [0.2, 0.25) is 0 Å². The number of anilines is 1. The van der Waals surface area contributed by atoms with E-state index in [1.807, 2.05) is 0 Å². The molecule has 0 spiro atoms. The van der Waals surface area contributed by atoms with E-state index >= 15 is 0 Å². The smallest absolute Gasteiger partial charge is 0.260 e. The molecular weight excluding hydrogens is 405 g/mol. The van der Waals surface area contributed by atoms with Crippen molar-refractivity contribution in [1.82, 2.24) is 10.5 Å². The number of hydroxylamine groups is 2. The Balaban J connectivity index is 2.28. The lowest BCUT2D eigenvalue weighted by molar-refractivity contribution is -0.165. The maximum Gasteiger partial charge on any atom is 0.260 e. The number of nitrogens with one attached hydrogen (secondary N) is 1. The molecule has 0 aliphatic carbocycles. The van der Waals surface area contributed by atoms with E-state index in [1.54, 1.807) is 32.0 Å². The Hall–Kier alpha value is -1.54. The third-order valence-electron chi connectivity index (χ3n) is 3.71. The molecule has 7 nitrogen and oxygen atoms in total. The highest BCUT2D eigenvalue weighted by Gasteiger charge is 2.40. The summed E-state index contributed by atoms with van der Waals surface area (Å²) in [5.74, 6) is -1.95. The van der Waals surface area contributed by atoms with E-state index in [9.17, 15) is 14.4 Å². The van der Waals surface area contributed by atoms with Gasteiger partial charge in [0.15, 0.2) is 0 Å². The zero-order valence-corrected chi connectivity index (χ0v) is 16.5. The van der Waals surface area contributed by atoms with Gasteiger partial charge < -0.3 is 0 Å². The average molecular weight is 423 g/mol. The summed E-state index contributed by atoms with van der Waals surface area (Å²) in [5.41, 5.74) is 2.63. The Morgan fingerprint density at radius 1 is 1.31 bits per heavy atom. The molecule has 0 unspecified atom stereocenters. The van der Waals surface area contributed by atoms with Crippen LogP contribution in [0.5, 0.6) is 0 Å². The summed E-state index contributed by atoms with van der Waals surface area (Å²) in [6.07, 6.45) is 0. The van der Waals surface area contributed by atoms with Crippen LogP contribution >= 0.6 is 34.8 Å². The summed E-state index contributed by atoms with van der Waals surface area (Å²) in [4.78, 5) is 41.4. The predicted molar refractivity (Wildman–Crippen MR) is 98.8 cm³/mol. The molecule has 1 aromatic rings. The van der Waals surface area contributed by atoms with Crippen molar-refractivity contribution >= 4 is 58.2 Å². The van der Waals surface area contributed by atoms with Gasteiger partial charge in [0, 0.05) is 5.02 Å². The van der Waals surface area contributed by atoms with E-state index in [4.69, 9.17) is 39.6 Å². The predicted octanol–water partition coefficient (Wildman–Crippen LogP) is 2.48. The molecule has 1 fully saturated rings. The molecule has 0 atom stereocenters. The van der Waals surface area contributed by atoms with Crippen molar-refractivity contribution in [3.05, 3.63) is 28.8 Å². The number of rotatable bonds is 5. The minimum atomic E-state index is -0.612. The van der Waals surface area contributed by atoms with Crippen LogP contribution in [0.1, 0.15) is 19.4 Å². The second kappa shape index (κ2) is 8.43. The molecule has 0 radical (unpaired) electrons. The second-order valence-electron chi connectivity index (χ2n) is 6.31. The van der Waals surface area contributed by atoms with E-state index in [0.29, 0.717) is 16.3 Å². The number of carbonyl (C=O) groups is 3. The lowest BCUT2D eigenvalue weighted by Crippen LogP contribution is -2.47. The molecule has 3 amide bonds. The number of carbonyl (C=O) groups excluding carboxylic acids is 3. The van der Waals surface area contributed by atoms with Crippen LogP contribution in [0.3, 0.4) is 0 Å². The standard InChI is InChI=1S/C16H18Cl3N3O4/c1-16(2)9-26-21(15(16)25)8-10-5-11(3-4-12(10)19)22(14(24)7-18)20-13(23)6-17/h3-5H,6-9H2,1-2H3,(H,20,23). The van der Waals surface area contributed by atoms with Crippen molar-refractivity contribution in [1.29, 1.82) is 0 Å². The highest BCUT2D eigenvalue weighted by atomic mass is 35.5. The molecule has 10 heteroatoms. The Morgan fingerprint density at radius 2 is 2.00 bits per heavy atom. The maximum absolute atomic E-state index is 12.3. The van der Waals surface area contributed by atoms with E-state index in [2.05, 4.69) is 5.43 Å². The van der Waals surface area contributed by atoms with Crippen LogP contribution in [0, 0.1) is 5.41 Å². The summed E-state index contributed by atoms with van der Waals surface area (Å²) >= 11 is 17.3. The molecule has 1 saturated heterocycles. The summed E-state index contributed by atoms with van der Waals surface area (Å²) in [6.45, 7) is 3.94. The molecule has 1 aliphatic rings. The van der Waals surface area contributed by atoms with Gasteiger partial charge in [-0.25, -0.2) is 10.1 Å². The Morgan fingerprint density at radius 3 is 2.54 bits per heavy atom. The average Bonchev–Trinajstić information content (AvgIpc) is 2.87. The van der Waals surface area contributed by atoms with Crippen molar-refractivity contribution in [2.24, 2.45) is 5.41 Å². The van der Waals surface area contributed by atoms with E-state index in [1.165, 1.54) is 5.06 Å². The van der Waals surface area contributed by atoms with Crippen LogP contribution in [-0.2, 0) is 25.8 Å². The topological polar surface area (TPSA) is 79.0 Å². The molecule has 1 heterocycles. The van der Waals surface area contributed by atoms with E-state index in [0.717, 1.165) is 5.01 Å². The molecule has 26 heavy (non-hydrogen) atoms. The fourth-order valence-corrected chi connectivity index (χ4v) is 2.63. The molecule has 0 aromatic heterocycles. The summed E-state index contributed by atoms with van der Waals surface area (Å²) in [7, 11) is 0. The van der Waals surface area contributed by atoms with Gasteiger partial charge >= 0.3 is 0 Å². The second-order valence-corrected chi connectivity index (χ2v) is 7.25. The fraction of sp³-hybridized carbons (Fsp3) is 0.438. The van der Waals surface area contributed by atoms with Crippen LogP contribution in [-0.4, -0.2) is 41.2 Å². The molecule has 2 rings (SSSR count). The van der Waals surface area contributed by atoms with Crippen molar-refractivity contribution in [2.45, 2.75) is 20.4 Å². The first-order chi connectivity index (χ1) is 12.2. The molecule has 1 aromatic carbocycles. The minimum absolute atomic E-state index is 0.0985. The number of benzene rings is 1. The third kappa shape index (κ3) is 4.59. The quantitative estimate of drug-likeness (QED) is 0.584. The van der Waals surface area contributed by atoms with Crippen molar-refractivity contribution in [3.63, 3.8) is 0 Å². The zero-order chi connectivity index (χ0) is 19.5. The summed E-state index contributed by atoms with van der Waals surface area (Å²) < 4.78 is 0. The van der Waals surface area contributed by atoms with Gasteiger partial charge in [0.05, 0.1) is 24.3 Å². The Bertz CT molecular complexity index is 727. The molecule has 0 bridgehead atoms. The monoisotopic (exact) mass is 421 g/mol. The molecular formula is C16H18Cl3N3O4. The van der Waals surface area contributed by atoms with Crippen molar-refractivity contribution < 1.29 is 19.2 Å². The van der Waals surface area contributed by atoms with Crippen LogP contribution in [0.25, 0.3) is 0 Å². The maximum atomic E-state index is 12.3. The number of nitrogens with zero attached hydrogens (tertiary/aromatic N) is 2. The van der Waals surface area contributed by atoms with Crippen LogP contribution in [0.2, 0.25) is 5.02 Å². The third-order valence-corrected chi connectivity index (χ3v) is 4.55. The first-order valence-corrected chi connectivity index (χ1v) is 9.12. The van der Waals surface area contributed by atoms with E-state index in [-0.39, 0.29) is 30.8 Å². The van der Waals surface area contributed by atoms with Gasteiger partial charge in [-0.05, 0) is 37.6 Å². The van der Waals surface area contributed by atoms with Crippen molar-refractivity contribution in [3.8, 4) is 0 Å². The van der Waals surface area contributed by atoms with Gasteiger partial charge in [-0.15, -0.1) is 23.2 Å². The first kappa shape index (κ1) is 20.8. The zero-order valence-electron chi connectivity index (χ0n) is 14.2. The number of halogens is 3. The van der Waals surface area contributed by atoms with Gasteiger partial charge in [-0.3, -0.25) is 24.6 Å². The van der Waals surface area contributed by atoms with E-state index < -0.39 is 17.2 Å². The number of hydrogen-bond donors (Lipinski definition) is 1. The minimum Gasteiger partial charge on any atom is -0.272 e.